The molecule has 0 unspecified atom stereocenters. The number of ketones is 2. The molecule has 4 N–H and O–H groups in total. The summed E-state index contributed by atoms with van der Waals surface area (Å²) in [5, 5.41) is 30.2. The highest BCUT2D eigenvalue weighted by atomic mass is 19.1. The maximum Gasteiger partial charge on any atom is 0.356 e. The van der Waals surface area contributed by atoms with E-state index < -0.39 is 24.5 Å². The van der Waals surface area contributed by atoms with Crippen LogP contribution >= 0.6 is 0 Å². The molecule has 2 aromatic carbocycles. The lowest BCUT2D eigenvalue weighted by molar-refractivity contribution is 0.0687. The summed E-state index contributed by atoms with van der Waals surface area (Å²) < 4.78 is 49.2. The van der Waals surface area contributed by atoms with Crippen LogP contribution in [0.25, 0.3) is 83.8 Å². The summed E-state index contributed by atoms with van der Waals surface area (Å²) in [5.41, 5.74) is 19.7. The first-order valence-corrected chi connectivity index (χ1v) is 35.3. The van der Waals surface area contributed by atoms with Gasteiger partial charge in [0.25, 0.3) is 0 Å². The highest BCUT2D eigenvalue weighted by molar-refractivity contribution is 6.00. The average Bonchev–Trinajstić information content (AvgIpc) is 1.63. The number of aromatic carboxylic acids is 1. The Bertz CT molecular complexity index is 5540. The number of carboxylic acid groups (broad SMARTS) is 1. The van der Waals surface area contributed by atoms with Crippen LogP contribution < -0.4 is 20.9 Å². The molecule has 0 aliphatic heterocycles. The van der Waals surface area contributed by atoms with E-state index in [-0.39, 0.29) is 66.1 Å². The molecule has 3 fully saturated rings. The smallest absolute Gasteiger partial charge is 0.356 e. The van der Waals surface area contributed by atoms with Crippen molar-refractivity contribution in [3.63, 3.8) is 0 Å². The van der Waals surface area contributed by atoms with E-state index in [1.54, 1.807) is 33.8 Å². The maximum absolute atomic E-state index is 13.6. The number of anilines is 3. The van der Waals surface area contributed by atoms with Gasteiger partial charge in [0, 0.05) is 153 Å². The number of alkyl halides is 3. The van der Waals surface area contributed by atoms with Crippen LogP contribution in [0.5, 0.6) is 0 Å². The van der Waals surface area contributed by atoms with Gasteiger partial charge >= 0.3 is 5.97 Å². The molecule has 538 valence electrons. The van der Waals surface area contributed by atoms with Crippen molar-refractivity contribution in [3.05, 3.63) is 199 Å². The van der Waals surface area contributed by atoms with Crippen molar-refractivity contribution in [2.75, 3.05) is 36.3 Å². The second-order valence-electron chi connectivity index (χ2n) is 28.1. The van der Waals surface area contributed by atoms with Crippen LogP contribution in [0.2, 0.25) is 0 Å². The Morgan fingerprint density at radius 2 is 0.838 bits per heavy atom. The van der Waals surface area contributed by atoms with Crippen molar-refractivity contribution in [2.24, 2.45) is 17.6 Å². The lowest BCUT2D eigenvalue weighted by Gasteiger charge is -2.21. The van der Waals surface area contributed by atoms with Gasteiger partial charge in [-0.2, -0.15) is 15.3 Å². The minimum atomic E-state index is -1.07. The molecular formula is C79H82F3N19O4. The predicted octanol–water partition coefficient (Wildman–Crippen LogP) is 14.9. The number of hydrogen-bond donors (Lipinski definition) is 3. The number of carboxylic acids is 1. The van der Waals surface area contributed by atoms with Crippen molar-refractivity contribution >= 4 is 84.6 Å². The molecule has 12 heterocycles. The Kier molecular flexibility index (Phi) is 19.6. The Labute approximate surface area is 603 Å². The number of Topliss-reactive ketones (excluding diaryl/α,β-unsaturated/α-hetero) is 2. The lowest BCUT2D eigenvalue weighted by atomic mass is 10.1. The topological polar surface area (TPSA) is 260 Å². The van der Waals surface area contributed by atoms with Crippen molar-refractivity contribution in [2.45, 2.75) is 129 Å². The molecule has 17 rings (SSSR count). The molecule has 0 amide bonds. The summed E-state index contributed by atoms with van der Waals surface area (Å²) in [7, 11) is 5.80. The summed E-state index contributed by atoms with van der Waals surface area (Å²) in [4.78, 5) is 69.1. The molecule has 0 radical (unpaired) electrons. The molecule has 3 saturated carbocycles. The van der Waals surface area contributed by atoms with Gasteiger partial charge in [-0.15, -0.1) is 0 Å². The summed E-state index contributed by atoms with van der Waals surface area (Å²) in [6.45, 7) is 14.0. The van der Waals surface area contributed by atoms with Gasteiger partial charge in [0.1, 0.15) is 46.8 Å². The van der Waals surface area contributed by atoms with Crippen molar-refractivity contribution in [3.8, 4) is 33.8 Å². The monoisotopic (exact) mass is 1420 g/mol. The fourth-order valence-corrected chi connectivity index (χ4v) is 13.2. The summed E-state index contributed by atoms with van der Waals surface area (Å²) in [6, 6.07) is 38.6. The quantitative estimate of drug-likeness (QED) is 0.0599. The molecule has 23 nitrogen and oxygen atoms in total. The number of rotatable bonds is 20. The molecule has 0 bridgehead atoms. The van der Waals surface area contributed by atoms with Crippen molar-refractivity contribution in [1.82, 2.24) is 72.4 Å². The molecule has 3 aliphatic rings. The molecule has 6 atom stereocenters. The van der Waals surface area contributed by atoms with E-state index in [0.717, 1.165) is 83.7 Å². The second-order valence-corrected chi connectivity index (χ2v) is 28.1. The fraction of sp³-hybridized carbons (Fsp3) is 0.316. The second kappa shape index (κ2) is 29.2. The lowest BCUT2D eigenvalue weighted by Crippen LogP contribution is -2.18. The summed E-state index contributed by atoms with van der Waals surface area (Å²) >= 11 is 0. The number of nitrogens with one attached hydrogen (secondary N) is 1. The first-order valence-electron chi connectivity index (χ1n) is 35.3. The van der Waals surface area contributed by atoms with Gasteiger partial charge in [-0.25, -0.2) is 61.4 Å². The van der Waals surface area contributed by atoms with E-state index in [9.17, 15) is 32.7 Å². The standard InChI is InChI=1S/C29H29FN6O.C25H24N6O2.C22H23FN6O.C3H6FN/c1-18(2)35-17-22(21-10-7-11-31-28(21)35)24-14-25(34(3)16-19-8-5-4-6-9-19)29-32-15-26(36(29)33-24)27(37)13-20-12-23(20)30;1-16(2)30-15-19(18-10-7-11-26-23(18)30)20-12-21(29(3)14-17-8-5-4-6-9-17)24-27-13-22(25(32)33)31(24)28-20;1-12(2)28-11-15(14-5-4-6-25-21(14)28)17-9-18(24-3)22-26-10-19(29(22)27-17)20(30)8-13-7-16(13)23;4-2-1-3(2)5/h4-11,14-15,17-18,20,23H,12-13,16H2,1-3H3;4-13,15-16H,14H2,1-3H3,(H,32,33);4-6,9-13,16,24H,7-8H2,1-3H3;2-3H,1,5H2/t20-,23-;;13-,16-;2-,3+/m0.01/s1. The number of nitrogens with two attached hydrogens (primary N) is 1. The number of halogens is 3. The van der Waals surface area contributed by atoms with Gasteiger partial charge in [0.05, 0.1) is 52.7 Å². The zero-order chi connectivity index (χ0) is 73.6. The van der Waals surface area contributed by atoms with Gasteiger partial charge in [-0.05, 0) is 127 Å². The number of imidazole rings is 3. The number of carbonyl (C=O) groups excluding carboxylic acids is 2. The largest absolute Gasteiger partial charge is 0.476 e. The molecular weight excluding hydrogens is 1340 g/mol. The molecule has 12 aromatic heterocycles. The van der Waals surface area contributed by atoms with Crippen LogP contribution in [0, 0.1) is 11.8 Å². The van der Waals surface area contributed by atoms with Crippen LogP contribution in [0.4, 0.5) is 30.2 Å². The third kappa shape index (κ3) is 14.5. The minimum Gasteiger partial charge on any atom is -0.476 e. The van der Waals surface area contributed by atoms with E-state index >= 15 is 0 Å². The molecule has 0 spiro atoms. The van der Waals surface area contributed by atoms with Gasteiger partial charge in [0.2, 0.25) is 0 Å². The fourth-order valence-electron chi connectivity index (χ4n) is 13.2. The Balaban J connectivity index is 0.000000129. The highest BCUT2D eigenvalue weighted by Gasteiger charge is 2.41. The number of benzene rings is 2. The third-order valence-electron chi connectivity index (χ3n) is 19.4. The molecule has 0 saturated heterocycles. The summed E-state index contributed by atoms with van der Waals surface area (Å²) in [5.74, 6) is -1.72. The third-order valence-corrected chi connectivity index (χ3v) is 19.4. The van der Waals surface area contributed by atoms with E-state index in [4.69, 9.17) is 21.0 Å². The number of aromatic nitrogens is 15. The van der Waals surface area contributed by atoms with Crippen LogP contribution in [0.3, 0.4) is 0 Å². The number of hydrogen-bond acceptors (Lipinski definition) is 16. The Hall–Kier alpha value is -11.7. The summed E-state index contributed by atoms with van der Waals surface area (Å²) in [6.07, 6.45) is 15.4. The molecule has 14 aromatic rings. The maximum atomic E-state index is 13.6. The van der Waals surface area contributed by atoms with Crippen LogP contribution in [0.15, 0.2) is 171 Å². The average molecular weight is 1420 g/mol. The molecule has 105 heavy (non-hydrogen) atoms. The van der Waals surface area contributed by atoms with E-state index in [2.05, 4.69) is 131 Å². The SMILES string of the molecule is CC(C)n1cc(-c2cc(N(C)Cc3ccccc3)c3ncc(C(=O)C[C@@H]4C[C@@H]4F)n3n2)c2cccnc21.CC(C)n1cc(-c2cc(N(C)Cc3ccccc3)c3ncc(C(=O)O)n3n2)c2cccnc21.CNc1cc(-c2cn(C(C)C)c3ncccc23)nn2c(C(=O)C[C@@H]3C[C@@H]3F)cnc12.N[C@H]1C[C@H]1F. The minimum absolute atomic E-state index is 0.0203. The highest BCUT2D eigenvalue weighted by Crippen LogP contribution is 2.41. The van der Waals surface area contributed by atoms with Crippen molar-refractivity contribution < 1.29 is 32.7 Å². The van der Waals surface area contributed by atoms with Gasteiger partial charge in [0.15, 0.2) is 34.2 Å². The van der Waals surface area contributed by atoms with Gasteiger partial charge < -0.3 is 39.7 Å². The van der Waals surface area contributed by atoms with E-state index in [0.29, 0.717) is 72.1 Å². The number of nitrogens with zero attached hydrogens (tertiary/aromatic N) is 17. The number of pyridine rings is 3. The first-order chi connectivity index (χ1) is 50.6. The van der Waals surface area contributed by atoms with Crippen LogP contribution in [-0.2, 0) is 13.1 Å². The van der Waals surface area contributed by atoms with E-state index in [1.165, 1.54) is 16.9 Å². The van der Waals surface area contributed by atoms with Crippen LogP contribution in [-0.4, -0.2) is 141 Å². The van der Waals surface area contributed by atoms with E-state index in [1.807, 2.05) is 125 Å². The Morgan fingerprint density at radius 1 is 0.495 bits per heavy atom. The van der Waals surface area contributed by atoms with Gasteiger partial charge in [-0.3, -0.25) is 9.59 Å². The number of carbonyl (C=O) groups is 3. The molecule has 3 aliphatic carbocycles. The number of fused-ring (bicyclic) bond motifs is 6. The van der Waals surface area contributed by atoms with Crippen LogP contribution in [0.1, 0.15) is 134 Å². The first kappa shape index (κ1) is 70.4. The predicted molar refractivity (Wildman–Crippen MR) is 401 cm³/mol. The zero-order valence-electron chi connectivity index (χ0n) is 59.8. The Morgan fingerprint density at radius 3 is 1.18 bits per heavy atom. The van der Waals surface area contributed by atoms with Gasteiger partial charge in [-0.1, -0.05) is 60.7 Å². The molecule has 26 heteroatoms. The van der Waals surface area contributed by atoms with Crippen molar-refractivity contribution in [1.29, 1.82) is 0 Å². The zero-order valence-corrected chi connectivity index (χ0v) is 59.8. The normalized spacial score (nSPS) is 17.3.